The summed E-state index contributed by atoms with van der Waals surface area (Å²) < 4.78 is 10.5. The number of hydrogen-bond donors (Lipinski definition) is 4. The van der Waals surface area contributed by atoms with Crippen LogP contribution in [0.5, 0.6) is 11.5 Å². The zero-order chi connectivity index (χ0) is 31.2. The quantitative estimate of drug-likeness (QED) is 0.0968. The van der Waals surface area contributed by atoms with E-state index in [0.29, 0.717) is 24.3 Å². The van der Waals surface area contributed by atoms with E-state index in [9.17, 15) is 10.1 Å². The van der Waals surface area contributed by atoms with E-state index in [1.54, 1.807) is 26.4 Å². The van der Waals surface area contributed by atoms with Crippen molar-refractivity contribution < 1.29 is 14.4 Å². The largest absolute Gasteiger partial charge is 0.497 e. The third-order valence-corrected chi connectivity index (χ3v) is 7.04. The first-order valence-electron chi connectivity index (χ1n) is 14.0. The second-order valence-corrected chi connectivity index (χ2v) is 10.0. The molecule has 6 rings (SSSR count). The minimum absolute atomic E-state index is 0.0567. The lowest BCUT2D eigenvalue weighted by Crippen LogP contribution is -2.10. The molecule has 0 saturated heterocycles. The Kier molecular flexibility index (Phi) is 8.31. The Morgan fingerprint density at radius 3 is 1.69 bits per heavy atom. The van der Waals surface area contributed by atoms with E-state index in [0.717, 1.165) is 45.4 Å². The highest BCUT2D eigenvalue weighted by Crippen LogP contribution is 2.28. The van der Waals surface area contributed by atoms with E-state index >= 15 is 0 Å². The van der Waals surface area contributed by atoms with Gasteiger partial charge in [-0.05, 0) is 71.8 Å². The molecular formula is C32H29N9O4. The molecule has 0 spiro atoms. The van der Waals surface area contributed by atoms with Gasteiger partial charge in [0.05, 0.1) is 30.9 Å². The minimum atomic E-state index is -0.394. The lowest BCUT2D eigenvalue weighted by Gasteiger charge is -2.12. The number of anilines is 6. The molecule has 1 unspecified atom stereocenters. The van der Waals surface area contributed by atoms with E-state index in [4.69, 9.17) is 9.47 Å². The molecule has 1 aliphatic heterocycles. The molecule has 0 radical (unpaired) electrons. The van der Waals surface area contributed by atoms with E-state index in [-0.39, 0.29) is 11.7 Å². The normalized spacial score (nSPS) is 13.7. The van der Waals surface area contributed by atoms with Gasteiger partial charge in [-0.3, -0.25) is 10.1 Å². The highest BCUT2D eigenvalue weighted by Gasteiger charge is 2.23. The van der Waals surface area contributed by atoms with Crippen LogP contribution in [0.4, 0.5) is 40.6 Å². The van der Waals surface area contributed by atoms with Crippen molar-refractivity contribution in [3.05, 3.63) is 118 Å². The van der Waals surface area contributed by atoms with Gasteiger partial charge < -0.3 is 30.8 Å². The maximum absolute atomic E-state index is 11.2. The summed E-state index contributed by atoms with van der Waals surface area (Å²) in [5.74, 6) is 2.48. The molecule has 1 aliphatic rings. The highest BCUT2D eigenvalue weighted by molar-refractivity contribution is 6.02. The van der Waals surface area contributed by atoms with Crippen LogP contribution >= 0.6 is 0 Å². The van der Waals surface area contributed by atoms with Gasteiger partial charge in [-0.2, -0.15) is 20.1 Å². The molecule has 1 atom stereocenters. The minimum Gasteiger partial charge on any atom is -0.497 e. The number of methoxy groups -OCH3 is 2. The molecule has 4 aromatic carbocycles. The molecule has 0 bridgehead atoms. The summed E-state index contributed by atoms with van der Waals surface area (Å²) in [6.45, 7) is 0. The second-order valence-electron chi connectivity index (χ2n) is 10.0. The first-order chi connectivity index (χ1) is 21.9. The number of nitrogens with one attached hydrogen (secondary N) is 4. The van der Waals surface area contributed by atoms with Crippen molar-refractivity contribution in [1.82, 2.24) is 20.4 Å². The average Bonchev–Trinajstić information content (AvgIpc) is 3.56. The summed E-state index contributed by atoms with van der Waals surface area (Å²) in [6.07, 6.45) is 0.599. The first kappa shape index (κ1) is 28.9. The Labute approximate surface area is 258 Å². The number of aromatic nitrogens is 3. The summed E-state index contributed by atoms with van der Waals surface area (Å²) in [4.78, 5) is 24.5. The summed E-state index contributed by atoms with van der Waals surface area (Å²) >= 11 is 0. The van der Waals surface area contributed by atoms with Crippen LogP contribution in [-0.2, 0) is 0 Å². The van der Waals surface area contributed by atoms with Crippen LogP contribution in [0.25, 0.3) is 0 Å². The molecule has 226 valence electrons. The number of non-ortho nitro benzene ring substituents is 1. The zero-order valence-corrected chi connectivity index (χ0v) is 24.4. The molecular weight excluding hydrogens is 574 g/mol. The third kappa shape index (κ3) is 7.05. The van der Waals surface area contributed by atoms with Crippen molar-refractivity contribution in [3.63, 3.8) is 0 Å². The Hall–Kier alpha value is -6.24. The van der Waals surface area contributed by atoms with Gasteiger partial charge >= 0.3 is 0 Å². The number of nitro groups is 1. The third-order valence-electron chi connectivity index (χ3n) is 7.04. The fraction of sp³-hybridized carbons (Fsp3) is 0.125. The van der Waals surface area contributed by atoms with Crippen LogP contribution in [-0.4, -0.2) is 39.8 Å². The summed E-state index contributed by atoms with van der Waals surface area (Å²) in [7, 11) is 3.23. The van der Waals surface area contributed by atoms with Crippen LogP contribution in [0.3, 0.4) is 0 Å². The number of ether oxygens (including phenoxy) is 2. The topological polar surface area (TPSA) is 161 Å². The molecule has 5 aromatic rings. The highest BCUT2D eigenvalue weighted by atomic mass is 16.6. The van der Waals surface area contributed by atoms with Crippen LogP contribution in [0.15, 0.2) is 102 Å². The molecule has 0 saturated carbocycles. The molecule has 13 nitrogen and oxygen atoms in total. The molecule has 1 aromatic heterocycles. The van der Waals surface area contributed by atoms with Crippen LogP contribution < -0.4 is 30.8 Å². The van der Waals surface area contributed by atoms with Crippen molar-refractivity contribution in [2.75, 3.05) is 30.2 Å². The zero-order valence-electron chi connectivity index (χ0n) is 24.4. The summed E-state index contributed by atoms with van der Waals surface area (Å²) in [5, 5.41) is 25.4. The Balaban J connectivity index is 1.18. The SMILES string of the molecule is COc1ccc(Nc2nc(Nc3ccc(OC)cc3)nc(Nc3ccc(C4=NNC(c5cccc([N+](=O)[O-])c5)C4)cc3)n2)cc1. The fourth-order valence-corrected chi connectivity index (χ4v) is 4.70. The van der Waals surface area contributed by atoms with E-state index in [2.05, 4.69) is 41.4 Å². The Morgan fingerprint density at radius 1 is 0.733 bits per heavy atom. The molecule has 0 fully saturated rings. The van der Waals surface area contributed by atoms with Crippen LogP contribution in [0.1, 0.15) is 23.6 Å². The molecule has 4 N–H and O–H groups in total. The standard InChI is InChI=1S/C32H29N9O4/c1-44-26-14-10-23(11-15-26)34-31-36-30(37-32(38-31)35-24-12-16-27(45-2)17-13-24)33-22-8-6-20(7-9-22)28-19-29(40-39-28)21-4-3-5-25(18-21)41(42)43/h3-18,29,40H,19H2,1-2H3,(H3,33,34,35,36,37,38). The predicted molar refractivity (Wildman–Crippen MR) is 172 cm³/mol. The van der Waals surface area contributed by atoms with Gasteiger partial charge in [0.1, 0.15) is 11.5 Å². The second kappa shape index (κ2) is 13.0. The van der Waals surface area contributed by atoms with Crippen molar-refractivity contribution in [1.29, 1.82) is 0 Å². The Bertz CT molecular complexity index is 1760. The lowest BCUT2D eigenvalue weighted by atomic mass is 9.99. The Morgan fingerprint density at radius 2 is 1.22 bits per heavy atom. The predicted octanol–water partition coefficient (Wildman–Crippen LogP) is 6.47. The maximum atomic E-state index is 11.2. The number of nitrogens with zero attached hydrogens (tertiary/aromatic N) is 5. The summed E-state index contributed by atoms with van der Waals surface area (Å²) in [5.41, 5.74) is 8.08. The van der Waals surface area contributed by atoms with Crippen molar-refractivity contribution in [2.24, 2.45) is 5.10 Å². The van der Waals surface area contributed by atoms with Crippen LogP contribution in [0.2, 0.25) is 0 Å². The first-order valence-corrected chi connectivity index (χ1v) is 14.0. The van der Waals surface area contributed by atoms with Crippen molar-refractivity contribution >= 4 is 46.3 Å². The number of hydrazone groups is 1. The van der Waals surface area contributed by atoms with E-state index < -0.39 is 4.92 Å². The van der Waals surface area contributed by atoms with Gasteiger partial charge in [0.2, 0.25) is 17.8 Å². The molecule has 0 amide bonds. The van der Waals surface area contributed by atoms with Gasteiger partial charge in [0, 0.05) is 35.6 Å². The van der Waals surface area contributed by atoms with E-state index in [1.165, 1.54) is 6.07 Å². The molecule has 0 aliphatic carbocycles. The maximum Gasteiger partial charge on any atom is 0.269 e. The van der Waals surface area contributed by atoms with Gasteiger partial charge in [-0.1, -0.05) is 24.3 Å². The molecule has 45 heavy (non-hydrogen) atoms. The molecule has 2 heterocycles. The molecule has 13 heteroatoms. The van der Waals surface area contributed by atoms with Gasteiger partial charge in [-0.15, -0.1) is 0 Å². The smallest absolute Gasteiger partial charge is 0.269 e. The van der Waals surface area contributed by atoms with Crippen molar-refractivity contribution in [3.8, 4) is 11.5 Å². The number of hydrogen-bond acceptors (Lipinski definition) is 12. The number of rotatable bonds is 11. The number of benzene rings is 4. The average molecular weight is 604 g/mol. The van der Waals surface area contributed by atoms with Crippen LogP contribution in [0, 0.1) is 10.1 Å². The van der Waals surface area contributed by atoms with E-state index in [1.807, 2.05) is 78.9 Å². The monoisotopic (exact) mass is 603 g/mol. The summed E-state index contributed by atoms with van der Waals surface area (Å²) in [6, 6.07) is 29.0. The van der Waals surface area contributed by atoms with Gasteiger partial charge in [0.15, 0.2) is 0 Å². The number of nitro benzene ring substituents is 1. The fourth-order valence-electron chi connectivity index (χ4n) is 4.70. The lowest BCUT2D eigenvalue weighted by molar-refractivity contribution is -0.384. The van der Waals surface area contributed by atoms with Gasteiger partial charge in [0.25, 0.3) is 5.69 Å². The van der Waals surface area contributed by atoms with Gasteiger partial charge in [-0.25, -0.2) is 0 Å². The van der Waals surface area contributed by atoms with Crippen molar-refractivity contribution in [2.45, 2.75) is 12.5 Å².